The van der Waals surface area contributed by atoms with E-state index in [1.165, 1.54) is 0 Å². The summed E-state index contributed by atoms with van der Waals surface area (Å²) in [6.07, 6.45) is -2.33. The molecule has 0 spiro atoms. The molecule has 8 heteroatoms. The molecule has 2 aliphatic rings. The molecular weight excluding hydrogens is 492 g/mol. The summed E-state index contributed by atoms with van der Waals surface area (Å²) in [5.41, 5.74) is 1.39. The lowest BCUT2D eigenvalue weighted by Crippen LogP contribution is -2.66. The summed E-state index contributed by atoms with van der Waals surface area (Å²) in [4.78, 5) is 0. The number of hydrogen-bond donors (Lipinski definition) is 0. The summed E-state index contributed by atoms with van der Waals surface area (Å²) in [5.74, 6) is 0.471. The molecule has 2 aromatic rings. The van der Waals surface area contributed by atoms with Gasteiger partial charge in [-0.2, -0.15) is 0 Å². The van der Waals surface area contributed by atoms with Gasteiger partial charge in [-0.3, -0.25) is 4.21 Å². The third-order valence-corrected chi connectivity index (χ3v) is 13.4. The lowest BCUT2D eigenvalue weighted by Gasteiger charge is -2.51. The molecule has 0 radical (unpaired) electrons. The monoisotopic (exact) mass is 532 g/mol. The quantitative estimate of drug-likeness (QED) is 0.414. The smallest absolute Gasteiger partial charge is 0.192 e. The van der Waals surface area contributed by atoms with Crippen LogP contribution >= 0.6 is 0 Å². The first-order chi connectivity index (χ1) is 17.1. The third kappa shape index (κ3) is 6.18. The number of ether oxygens (including phenoxy) is 4. The molecule has 2 unspecified atom stereocenters. The number of hydrogen-bond acceptors (Lipinski definition) is 6. The zero-order chi connectivity index (χ0) is 25.9. The van der Waals surface area contributed by atoms with E-state index in [9.17, 15) is 4.21 Å². The van der Waals surface area contributed by atoms with Gasteiger partial charge in [-0.15, -0.1) is 0 Å². The Morgan fingerprint density at radius 1 is 0.972 bits per heavy atom. The predicted octanol–water partition coefficient (Wildman–Crippen LogP) is 5.57. The van der Waals surface area contributed by atoms with Gasteiger partial charge >= 0.3 is 0 Å². The summed E-state index contributed by atoms with van der Waals surface area (Å²) in [7, 11) is -3.51. The summed E-state index contributed by atoms with van der Waals surface area (Å²) in [6, 6.07) is 20.0. The van der Waals surface area contributed by atoms with Gasteiger partial charge in [0.25, 0.3) is 0 Å². The van der Waals surface area contributed by atoms with Crippen molar-refractivity contribution in [3.05, 3.63) is 71.8 Å². The Morgan fingerprint density at radius 2 is 1.61 bits per heavy atom. The van der Waals surface area contributed by atoms with Gasteiger partial charge in [-0.1, -0.05) is 88.4 Å². The Balaban J connectivity index is 1.68. The van der Waals surface area contributed by atoms with Crippen LogP contribution in [0.25, 0.3) is 0 Å². The highest BCUT2D eigenvalue weighted by atomic mass is 32.2. The minimum atomic E-state index is -2.26. The van der Waals surface area contributed by atoms with Gasteiger partial charge in [0.2, 0.25) is 0 Å². The van der Waals surface area contributed by atoms with Crippen LogP contribution in [-0.4, -0.2) is 54.7 Å². The fraction of sp³-hybridized carbons (Fsp3) is 0.571. The second kappa shape index (κ2) is 11.6. The van der Waals surface area contributed by atoms with Crippen molar-refractivity contribution in [2.45, 2.75) is 88.6 Å². The van der Waals surface area contributed by atoms with Crippen LogP contribution in [0.15, 0.2) is 60.7 Å². The third-order valence-electron chi connectivity index (χ3n) is 7.42. The molecule has 2 aromatic carbocycles. The van der Waals surface area contributed by atoms with Gasteiger partial charge in [0, 0.05) is 11.3 Å². The maximum absolute atomic E-state index is 13.3. The van der Waals surface area contributed by atoms with E-state index in [2.05, 4.69) is 33.9 Å². The van der Waals surface area contributed by atoms with E-state index in [-0.39, 0.29) is 5.04 Å². The summed E-state index contributed by atoms with van der Waals surface area (Å²) in [5, 5.41) is -0.0325. The van der Waals surface area contributed by atoms with E-state index in [0.29, 0.717) is 19.0 Å². The molecule has 7 atom stereocenters. The lowest BCUT2D eigenvalue weighted by atomic mass is 9.98. The van der Waals surface area contributed by atoms with Crippen molar-refractivity contribution in [1.82, 2.24) is 0 Å². The van der Waals surface area contributed by atoms with Crippen molar-refractivity contribution < 1.29 is 27.6 Å². The van der Waals surface area contributed by atoms with Gasteiger partial charge in [0.15, 0.2) is 20.0 Å². The van der Waals surface area contributed by atoms with Crippen LogP contribution in [0.3, 0.4) is 0 Å². The number of benzene rings is 2. The topological polar surface area (TPSA) is 63.2 Å². The van der Waals surface area contributed by atoms with Crippen LogP contribution in [-0.2, 0) is 40.8 Å². The Bertz CT molecular complexity index is 996. The second-order valence-corrected chi connectivity index (χ2v) is 17.6. The van der Waals surface area contributed by atoms with Gasteiger partial charge < -0.3 is 23.4 Å². The largest absolute Gasteiger partial charge is 0.408 e. The van der Waals surface area contributed by atoms with Crippen LogP contribution in [0, 0.1) is 0 Å². The minimum Gasteiger partial charge on any atom is -0.408 e. The first-order valence-electron chi connectivity index (χ1n) is 12.8. The van der Waals surface area contributed by atoms with Crippen molar-refractivity contribution in [3.63, 3.8) is 0 Å². The average Bonchev–Trinajstić information content (AvgIpc) is 2.87. The van der Waals surface area contributed by atoms with Crippen molar-refractivity contribution in [1.29, 1.82) is 0 Å². The molecule has 0 amide bonds. The molecule has 0 aliphatic carbocycles. The average molecular weight is 533 g/mol. The lowest BCUT2D eigenvalue weighted by molar-refractivity contribution is -0.324. The van der Waals surface area contributed by atoms with E-state index in [0.717, 1.165) is 11.1 Å². The highest BCUT2D eigenvalue weighted by Crippen LogP contribution is 2.42. The molecule has 2 heterocycles. The fourth-order valence-corrected chi connectivity index (χ4v) is 6.80. The normalized spacial score (nSPS) is 29.9. The Kier molecular flexibility index (Phi) is 8.87. The predicted molar refractivity (Wildman–Crippen MR) is 144 cm³/mol. The van der Waals surface area contributed by atoms with E-state index in [4.69, 9.17) is 23.4 Å². The van der Waals surface area contributed by atoms with Crippen molar-refractivity contribution in [3.8, 4) is 0 Å². The van der Waals surface area contributed by atoms with Crippen LogP contribution in [0.4, 0.5) is 0 Å². The van der Waals surface area contributed by atoms with Gasteiger partial charge in [0.1, 0.15) is 24.4 Å². The number of fused-ring (bicyclic) bond motifs is 1. The van der Waals surface area contributed by atoms with Crippen LogP contribution < -0.4 is 0 Å². The molecule has 0 saturated carbocycles. The van der Waals surface area contributed by atoms with Crippen LogP contribution in [0.5, 0.6) is 0 Å². The highest BCUT2D eigenvalue weighted by Gasteiger charge is 2.55. The van der Waals surface area contributed by atoms with Crippen molar-refractivity contribution >= 4 is 19.1 Å². The molecule has 0 aromatic heterocycles. The number of rotatable bonds is 8. The van der Waals surface area contributed by atoms with Gasteiger partial charge in [-0.05, 0) is 23.7 Å². The zero-order valence-electron chi connectivity index (χ0n) is 22.2. The first kappa shape index (κ1) is 27.6. The summed E-state index contributed by atoms with van der Waals surface area (Å²) in [6.45, 7) is 13.7. The molecule has 198 valence electrons. The maximum Gasteiger partial charge on any atom is 0.192 e. The summed E-state index contributed by atoms with van der Waals surface area (Å²) >= 11 is 0. The standard InChI is InChI=1S/C28H40O6SSi/c1-7-35(29)27-25(34-36(5,6)28(2,3)4)24(30-18-20-14-10-8-11-15-20)23-22(32-27)19-31-26(33-23)21-16-12-9-13-17-21/h8-17,22-27H,7,18-19H2,1-6H3/t22-,23-,24+,25+,26-,27?,35?/m1/s1. The van der Waals surface area contributed by atoms with Gasteiger partial charge in [-0.25, -0.2) is 0 Å². The fourth-order valence-electron chi connectivity index (χ4n) is 4.30. The Labute approximate surface area is 219 Å². The highest BCUT2D eigenvalue weighted by molar-refractivity contribution is 7.85. The Morgan fingerprint density at radius 3 is 2.22 bits per heavy atom. The molecule has 6 nitrogen and oxygen atoms in total. The zero-order valence-corrected chi connectivity index (χ0v) is 24.0. The first-order valence-corrected chi connectivity index (χ1v) is 17.1. The van der Waals surface area contributed by atoms with Crippen molar-refractivity contribution in [2.75, 3.05) is 12.4 Å². The molecular formula is C28H40O6SSi. The molecule has 2 fully saturated rings. The Hall–Kier alpha value is -1.39. The van der Waals surface area contributed by atoms with Crippen molar-refractivity contribution in [2.24, 2.45) is 0 Å². The van der Waals surface area contributed by atoms with E-state index >= 15 is 0 Å². The van der Waals surface area contributed by atoms with Gasteiger partial charge in [0.05, 0.1) is 24.0 Å². The molecule has 36 heavy (non-hydrogen) atoms. The molecule has 2 aliphatic heterocycles. The molecule has 0 N–H and O–H groups in total. The second-order valence-electron chi connectivity index (χ2n) is 11.0. The SMILES string of the molecule is CCS(=O)C1O[C@@H]2CO[C@@H](c3ccccc3)O[C@H]2[C@H](OCc2ccccc2)[C@@H]1O[Si](C)(C)C(C)(C)C. The maximum atomic E-state index is 13.3. The molecule has 0 bridgehead atoms. The van der Waals surface area contributed by atoms with Crippen LogP contribution in [0.2, 0.25) is 18.1 Å². The van der Waals surface area contributed by atoms with E-state index in [1.807, 2.05) is 67.6 Å². The van der Waals surface area contributed by atoms with Crippen LogP contribution in [0.1, 0.15) is 45.1 Å². The van der Waals surface area contributed by atoms with E-state index < -0.39 is 55.3 Å². The van der Waals surface area contributed by atoms with E-state index in [1.54, 1.807) is 0 Å². The minimum absolute atomic E-state index is 0.0325. The summed E-state index contributed by atoms with van der Waals surface area (Å²) < 4.78 is 45.9. The molecule has 4 rings (SSSR count). The molecule has 2 saturated heterocycles.